The van der Waals surface area contributed by atoms with Crippen molar-refractivity contribution in [3.63, 3.8) is 0 Å². The summed E-state index contributed by atoms with van der Waals surface area (Å²) in [7, 11) is 0. The zero-order chi connectivity index (χ0) is 13.7. The number of fused-ring (bicyclic) bond motifs is 1. The molecular weight excluding hydrogens is 245 g/mol. The maximum atomic E-state index is 12.9. The van der Waals surface area contributed by atoms with Crippen molar-refractivity contribution >= 4 is 5.78 Å². The Morgan fingerprint density at radius 3 is 2.44 bits per heavy atom. The highest BCUT2D eigenvalue weighted by molar-refractivity contribution is 6.00. The molecule has 0 saturated carbocycles. The van der Waals surface area contributed by atoms with E-state index in [9.17, 15) is 18.0 Å². The number of carbonyl (C=O) groups is 1. The summed E-state index contributed by atoms with van der Waals surface area (Å²) in [6.45, 7) is 5.82. The highest BCUT2D eigenvalue weighted by atomic mass is 19.4. The molecule has 0 bridgehead atoms. The summed E-state index contributed by atoms with van der Waals surface area (Å²) in [5.41, 5.74) is -1.13. The molecule has 0 aromatic carbocycles. The number of hydrogen-bond acceptors (Lipinski definition) is 2. The zero-order valence-corrected chi connectivity index (χ0v) is 10.6. The lowest BCUT2D eigenvalue weighted by molar-refractivity contribution is -0.141. The van der Waals surface area contributed by atoms with Crippen LogP contribution in [0, 0.1) is 5.41 Å². The summed E-state index contributed by atoms with van der Waals surface area (Å²) in [5.74, 6) is -0.451. The maximum absolute atomic E-state index is 12.9. The van der Waals surface area contributed by atoms with Gasteiger partial charge in [-0.1, -0.05) is 13.8 Å². The molecule has 18 heavy (non-hydrogen) atoms. The van der Waals surface area contributed by atoms with Gasteiger partial charge in [0.05, 0.1) is 11.3 Å². The molecule has 1 aliphatic rings. The number of carbonyl (C=O) groups excluding carboxylic acids is 1. The van der Waals surface area contributed by atoms with Crippen LogP contribution < -0.4 is 0 Å². The number of alkyl halides is 3. The molecule has 2 rings (SSSR count). The topological polar surface area (TPSA) is 34.9 Å². The Balaban J connectivity index is 2.64. The van der Waals surface area contributed by atoms with E-state index in [0.717, 1.165) is 0 Å². The molecule has 0 aliphatic heterocycles. The molecule has 0 unspecified atom stereocenters. The number of aryl methyl sites for hydroxylation is 1. The molecule has 0 radical (unpaired) electrons. The second kappa shape index (κ2) is 3.83. The summed E-state index contributed by atoms with van der Waals surface area (Å²) in [5, 5.41) is 3.57. The van der Waals surface area contributed by atoms with Gasteiger partial charge in [-0.25, -0.2) is 0 Å². The lowest BCUT2D eigenvalue weighted by Gasteiger charge is -2.29. The van der Waals surface area contributed by atoms with E-state index in [1.165, 1.54) is 4.68 Å². The fourth-order valence-electron chi connectivity index (χ4n) is 2.47. The molecule has 3 nitrogen and oxygen atoms in total. The molecule has 6 heteroatoms. The lowest BCUT2D eigenvalue weighted by Crippen LogP contribution is -2.29. The Morgan fingerprint density at radius 2 is 1.94 bits per heavy atom. The molecule has 0 atom stereocenters. The van der Waals surface area contributed by atoms with Gasteiger partial charge in [0.25, 0.3) is 0 Å². The first-order chi connectivity index (χ1) is 8.15. The van der Waals surface area contributed by atoms with Gasteiger partial charge in [0.2, 0.25) is 0 Å². The smallest absolute Gasteiger partial charge is 0.294 e. The third kappa shape index (κ3) is 2.04. The number of aromatic nitrogens is 2. The minimum absolute atomic E-state index is 0.137. The highest BCUT2D eigenvalue weighted by Gasteiger charge is 2.44. The first kappa shape index (κ1) is 13.1. The normalized spacial score (nSPS) is 18.9. The van der Waals surface area contributed by atoms with E-state index in [2.05, 4.69) is 5.10 Å². The Kier molecular flexibility index (Phi) is 2.79. The standard InChI is InChI=1S/C12H15F3N2O/c1-4-17-7-5-11(2,3)6-8(18)9(7)10(16-17)12(13,14)15/h4-6H2,1-3H3. The minimum atomic E-state index is -4.57. The van der Waals surface area contributed by atoms with Crippen molar-refractivity contribution in [2.24, 2.45) is 5.41 Å². The summed E-state index contributed by atoms with van der Waals surface area (Å²) in [4.78, 5) is 11.9. The zero-order valence-electron chi connectivity index (χ0n) is 10.6. The largest absolute Gasteiger partial charge is 0.435 e. The van der Waals surface area contributed by atoms with Crippen LogP contribution in [-0.2, 0) is 19.1 Å². The van der Waals surface area contributed by atoms with Crippen LogP contribution in [0.15, 0.2) is 0 Å². The summed E-state index contributed by atoms with van der Waals surface area (Å²) < 4.78 is 39.9. The number of rotatable bonds is 1. The van der Waals surface area contributed by atoms with Gasteiger partial charge in [0.1, 0.15) is 0 Å². The van der Waals surface area contributed by atoms with Crippen molar-refractivity contribution in [1.82, 2.24) is 9.78 Å². The van der Waals surface area contributed by atoms with E-state index < -0.39 is 17.7 Å². The maximum Gasteiger partial charge on any atom is 0.435 e. The Bertz CT molecular complexity index is 500. The Morgan fingerprint density at radius 1 is 1.33 bits per heavy atom. The SMILES string of the molecule is CCn1nc(C(F)(F)F)c2c1CC(C)(C)CC2=O. The van der Waals surface area contributed by atoms with Crippen LogP contribution in [0.2, 0.25) is 0 Å². The molecule has 0 N–H and O–H groups in total. The van der Waals surface area contributed by atoms with Crippen molar-refractivity contribution in [3.05, 3.63) is 17.0 Å². The molecule has 0 saturated heterocycles. The third-order valence-corrected chi connectivity index (χ3v) is 3.19. The van der Waals surface area contributed by atoms with Crippen molar-refractivity contribution in [2.75, 3.05) is 0 Å². The monoisotopic (exact) mass is 260 g/mol. The lowest BCUT2D eigenvalue weighted by atomic mass is 9.75. The quantitative estimate of drug-likeness (QED) is 0.777. The van der Waals surface area contributed by atoms with Gasteiger partial charge < -0.3 is 0 Å². The summed E-state index contributed by atoms with van der Waals surface area (Å²) in [6, 6.07) is 0. The second-order valence-corrected chi connectivity index (χ2v) is 5.42. The molecule has 1 aromatic heterocycles. The molecule has 0 spiro atoms. The third-order valence-electron chi connectivity index (χ3n) is 3.19. The van der Waals surface area contributed by atoms with Gasteiger partial charge in [0.15, 0.2) is 11.5 Å². The molecule has 100 valence electrons. The number of hydrogen-bond donors (Lipinski definition) is 0. The van der Waals surface area contributed by atoms with Crippen LogP contribution in [0.25, 0.3) is 0 Å². The van der Waals surface area contributed by atoms with Crippen LogP contribution in [0.1, 0.15) is 48.9 Å². The molecule has 1 aliphatic carbocycles. The van der Waals surface area contributed by atoms with Crippen LogP contribution in [0.3, 0.4) is 0 Å². The van der Waals surface area contributed by atoms with E-state index >= 15 is 0 Å². The van der Waals surface area contributed by atoms with Crippen LogP contribution in [0.4, 0.5) is 13.2 Å². The molecular formula is C12H15F3N2O. The van der Waals surface area contributed by atoms with Crippen LogP contribution in [0.5, 0.6) is 0 Å². The van der Waals surface area contributed by atoms with E-state index in [1.807, 2.05) is 13.8 Å². The summed E-state index contributed by atoms with van der Waals surface area (Å²) >= 11 is 0. The predicted octanol–water partition coefficient (Wildman–Crippen LogP) is 3.08. The Hall–Kier alpha value is -1.33. The van der Waals surface area contributed by atoms with Gasteiger partial charge in [-0.3, -0.25) is 9.48 Å². The number of nitrogens with zero attached hydrogens (tertiary/aromatic N) is 2. The first-order valence-corrected chi connectivity index (χ1v) is 5.86. The number of ketones is 1. The van der Waals surface area contributed by atoms with E-state index in [-0.39, 0.29) is 17.4 Å². The molecule has 1 aromatic rings. The van der Waals surface area contributed by atoms with Crippen LogP contribution in [-0.4, -0.2) is 15.6 Å². The van der Waals surface area contributed by atoms with Gasteiger partial charge in [-0.05, 0) is 18.8 Å². The van der Waals surface area contributed by atoms with Gasteiger partial charge >= 0.3 is 6.18 Å². The van der Waals surface area contributed by atoms with Gasteiger partial charge in [-0.15, -0.1) is 0 Å². The van der Waals surface area contributed by atoms with Gasteiger partial charge in [-0.2, -0.15) is 18.3 Å². The Labute approximate surface area is 103 Å². The number of halogens is 3. The predicted molar refractivity (Wildman–Crippen MR) is 59.3 cm³/mol. The fourth-order valence-corrected chi connectivity index (χ4v) is 2.47. The van der Waals surface area contributed by atoms with Crippen molar-refractivity contribution in [2.45, 2.75) is 46.3 Å². The second-order valence-electron chi connectivity index (χ2n) is 5.42. The van der Waals surface area contributed by atoms with Crippen LogP contribution >= 0.6 is 0 Å². The fraction of sp³-hybridized carbons (Fsp3) is 0.667. The molecule has 0 amide bonds. The average Bonchev–Trinajstić information content (AvgIpc) is 2.53. The average molecular weight is 260 g/mol. The highest BCUT2D eigenvalue weighted by Crippen LogP contribution is 2.40. The van der Waals surface area contributed by atoms with E-state index in [1.54, 1.807) is 6.92 Å². The molecule has 1 heterocycles. The van der Waals surface area contributed by atoms with E-state index in [4.69, 9.17) is 0 Å². The van der Waals surface area contributed by atoms with Crippen molar-refractivity contribution in [3.8, 4) is 0 Å². The van der Waals surface area contributed by atoms with Crippen molar-refractivity contribution < 1.29 is 18.0 Å². The van der Waals surface area contributed by atoms with Crippen molar-refractivity contribution in [1.29, 1.82) is 0 Å². The minimum Gasteiger partial charge on any atom is -0.294 e. The first-order valence-electron chi connectivity index (χ1n) is 5.86. The van der Waals surface area contributed by atoms with Gasteiger partial charge in [0, 0.05) is 13.0 Å². The van der Waals surface area contributed by atoms with E-state index in [0.29, 0.717) is 18.7 Å². The summed E-state index contributed by atoms with van der Waals surface area (Å²) in [6.07, 6.45) is -3.98. The molecule has 0 fully saturated rings. The number of Topliss-reactive ketones (excluding diaryl/α,β-unsaturated/α-hetero) is 1.